The number of sulfone groups is 1. The molecule has 1 heterocycles. The van der Waals surface area contributed by atoms with Crippen molar-refractivity contribution >= 4 is 33.3 Å². The summed E-state index contributed by atoms with van der Waals surface area (Å²) < 4.78 is 24.5. The van der Waals surface area contributed by atoms with E-state index in [1.165, 1.54) is 0 Å². The predicted molar refractivity (Wildman–Crippen MR) is 102 cm³/mol. The smallest absolute Gasteiger partial charge is 0.328 e. The van der Waals surface area contributed by atoms with Crippen LogP contribution < -0.4 is 10.6 Å². The highest BCUT2D eigenvalue weighted by atomic mass is 32.2. The van der Waals surface area contributed by atoms with Gasteiger partial charge >= 0.3 is 11.9 Å². The summed E-state index contributed by atoms with van der Waals surface area (Å²) in [6.07, 6.45) is 1.12. The predicted octanol–water partition coefficient (Wildman–Crippen LogP) is 0.994. The van der Waals surface area contributed by atoms with Gasteiger partial charge in [0.05, 0.1) is 28.9 Å². The van der Waals surface area contributed by atoms with Gasteiger partial charge in [-0.15, -0.1) is 0 Å². The van der Waals surface area contributed by atoms with Gasteiger partial charge in [-0.3, -0.25) is 4.99 Å². The lowest BCUT2D eigenvalue weighted by molar-refractivity contribution is -0.134. The van der Waals surface area contributed by atoms with Crippen molar-refractivity contribution in [2.24, 2.45) is 4.99 Å². The number of hydrogen-bond donors (Lipinski definition) is 4. The molecule has 1 aromatic carbocycles. The molecule has 0 bridgehead atoms. The number of nitrogens with zero attached hydrogens (tertiary/aromatic N) is 1. The Morgan fingerprint density at radius 3 is 2.30 bits per heavy atom. The van der Waals surface area contributed by atoms with Crippen LogP contribution in [0.5, 0.6) is 0 Å². The standard InChI is InChI=1S/C13H19N3O2S.C4H4O4/c1-10(2)19(17,18)12-6-4-3-5-11(12)16-9-13-14-7-8-15-13;5-3(6)1-2-4(7)8/h3-6,10,16H,7-9H2,1-2H3,(H,14,15);1-2H,(H,5,6)(H,7,8). The molecule has 1 aliphatic heterocycles. The van der Waals surface area contributed by atoms with Gasteiger partial charge in [0.25, 0.3) is 0 Å². The fourth-order valence-electron chi connectivity index (χ4n) is 2.00. The molecule has 0 aliphatic carbocycles. The van der Waals surface area contributed by atoms with Gasteiger partial charge in [-0.25, -0.2) is 18.0 Å². The van der Waals surface area contributed by atoms with Crippen LogP contribution in [0.3, 0.4) is 0 Å². The molecule has 27 heavy (non-hydrogen) atoms. The van der Waals surface area contributed by atoms with Gasteiger partial charge < -0.3 is 20.8 Å². The number of nitrogens with one attached hydrogen (secondary N) is 2. The Balaban J connectivity index is 0.000000387. The minimum atomic E-state index is -3.28. The Kier molecular flexibility index (Phi) is 8.46. The summed E-state index contributed by atoms with van der Waals surface area (Å²) in [5.41, 5.74) is 0.632. The van der Waals surface area contributed by atoms with E-state index in [4.69, 9.17) is 10.2 Å². The molecule has 0 saturated carbocycles. The highest BCUT2D eigenvalue weighted by Crippen LogP contribution is 2.24. The molecule has 0 saturated heterocycles. The van der Waals surface area contributed by atoms with Crippen molar-refractivity contribution in [2.45, 2.75) is 24.0 Å². The molecule has 9 nitrogen and oxygen atoms in total. The number of carboxylic acid groups (broad SMARTS) is 2. The Labute approximate surface area is 157 Å². The van der Waals surface area contributed by atoms with E-state index in [1.807, 2.05) is 6.07 Å². The van der Waals surface area contributed by atoms with Gasteiger partial charge in [0.15, 0.2) is 9.84 Å². The average molecular weight is 397 g/mol. The molecule has 1 aromatic rings. The van der Waals surface area contributed by atoms with Crippen molar-refractivity contribution in [1.29, 1.82) is 0 Å². The van der Waals surface area contributed by atoms with Crippen LogP contribution in [0, 0.1) is 0 Å². The summed E-state index contributed by atoms with van der Waals surface area (Å²) in [6.45, 7) is 5.53. The van der Waals surface area contributed by atoms with E-state index in [0.717, 1.165) is 18.9 Å². The quantitative estimate of drug-likeness (QED) is 0.499. The first-order valence-corrected chi connectivity index (χ1v) is 9.67. The molecule has 0 aromatic heterocycles. The number of carbonyl (C=O) groups is 2. The lowest BCUT2D eigenvalue weighted by Crippen LogP contribution is -2.27. The molecule has 4 N–H and O–H groups in total. The van der Waals surface area contributed by atoms with Crippen molar-refractivity contribution < 1.29 is 28.2 Å². The minimum absolute atomic E-state index is 0.351. The first-order valence-electron chi connectivity index (χ1n) is 8.12. The fraction of sp³-hybridized carbons (Fsp3) is 0.353. The van der Waals surface area contributed by atoms with E-state index >= 15 is 0 Å². The third kappa shape index (κ3) is 7.48. The molecule has 0 amide bonds. The molecule has 0 radical (unpaired) electrons. The van der Waals surface area contributed by atoms with E-state index in [1.54, 1.807) is 32.0 Å². The van der Waals surface area contributed by atoms with Crippen molar-refractivity contribution in [2.75, 3.05) is 25.0 Å². The van der Waals surface area contributed by atoms with Gasteiger partial charge in [0.2, 0.25) is 0 Å². The number of benzene rings is 1. The molecule has 0 fully saturated rings. The van der Waals surface area contributed by atoms with Crippen LogP contribution in [0.1, 0.15) is 13.8 Å². The zero-order valence-corrected chi connectivity index (χ0v) is 15.9. The third-order valence-electron chi connectivity index (χ3n) is 3.37. The number of aliphatic carboxylic acids is 2. The Morgan fingerprint density at radius 1 is 1.22 bits per heavy atom. The largest absolute Gasteiger partial charge is 0.478 e. The van der Waals surface area contributed by atoms with Gasteiger partial charge in [0.1, 0.15) is 5.84 Å². The summed E-state index contributed by atoms with van der Waals surface area (Å²) in [7, 11) is -3.28. The van der Waals surface area contributed by atoms with Crippen LogP contribution in [0.25, 0.3) is 0 Å². The number of anilines is 1. The maximum atomic E-state index is 12.3. The highest BCUT2D eigenvalue weighted by molar-refractivity contribution is 7.92. The molecular weight excluding hydrogens is 374 g/mol. The SMILES string of the molecule is CC(C)S(=O)(=O)c1ccccc1NCC1=NCCN1.O=C(O)C=CC(=O)O. The maximum Gasteiger partial charge on any atom is 0.328 e. The Hall–Kier alpha value is -2.88. The van der Waals surface area contributed by atoms with Crippen molar-refractivity contribution in [3.8, 4) is 0 Å². The van der Waals surface area contributed by atoms with Gasteiger partial charge in [0, 0.05) is 18.7 Å². The van der Waals surface area contributed by atoms with Gasteiger partial charge in [-0.1, -0.05) is 12.1 Å². The number of hydrogen-bond acceptors (Lipinski definition) is 7. The van der Waals surface area contributed by atoms with E-state index in [-0.39, 0.29) is 0 Å². The number of rotatable bonds is 7. The summed E-state index contributed by atoms with van der Waals surface area (Å²) in [5, 5.41) is 21.5. The van der Waals surface area contributed by atoms with E-state index in [0.29, 0.717) is 29.3 Å². The number of para-hydroxylation sites is 1. The third-order valence-corrected chi connectivity index (χ3v) is 5.58. The highest BCUT2D eigenvalue weighted by Gasteiger charge is 2.22. The summed E-state index contributed by atoms with van der Waals surface area (Å²) in [5.74, 6) is -1.64. The van der Waals surface area contributed by atoms with E-state index in [2.05, 4.69) is 15.6 Å². The lowest BCUT2D eigenvalue weighted by Gasteiger charge is -2.14. The van der Waals surface area contributed by atoms with Crippen LogP contribution in [0.2, 0.25) is 0 Å². The molecule has 0 spiro atoms. The first kappa shape index (κ1) is 22.2. The zero-order valence-electron chi connectivity index (χ0n) is 15.0. The Bertz CT molecular complexity index is 815. The fourth-order valence-corrected chi connectivity index (χ4v) is 3.22. The Morgan fingerprint density at radius 2 is 1.81 bits per heavy atom. The topological polar surface area (TPSA) is 145 Å². The first-order chi connectivity index (χ1) is 12.6. The minimum Gasteiger partial charge on any atom is -0.478 e. The van der Waals surface area contributed by atoms with Crippen LogP contribution in [-0.4, -0.2) is 61.3 Å². The van der Waals surface area contributed by atoms with Crippen molar-refractivity contribution in [3.63, 3.8) is 0 Å². The normalized spacial score (nSPS) is 13.5. The molecule has 2 rings (SSSR count). The molecule has 0 unspecified atom stereocenters. The van der Waals surface area contributed by atoms with Crippen LogP contribution in [0.15, 0.2) is 46.3 Å². The monoisotopic (exact) mass is 397 g/mol. The molecule has 1 aliphatic rings. The van der Waals surface area contributed by atoms with Crippen LogP contribution in [-0.2, 0) is 19.4 Å². The lowest BCUT2D eigenvalue weighted by atomic mass is 10.3. The van der Waals surface area contributed by atoms with Crippen molar-refractivity contribution in [1.82, 2.24) is 5.32 Å². The second-order valence-electron chi connectivity index (χ2n) is 5.71. The molecule has 148 valence electrons. The zero-order chi connectivity index (χ0) is 20.4. The van der Waals surface area contributed by atoms with Gasteiger partial charge in [-0.05, 0) is 26.0 Å². The van der Waals surface area contributed by atoms with Gasteiger partial charge in [-0.2, -0.15) is 0 Å². The van der Waals surface area contributed by atoms with E-state index in [9.17, 15) is 18.0 Å². The average Bonchev–Trinajstić information content (AvgIpc) is 3.12. The number of aliphatic imine (C=N–C) groups is 1. The summed E-state index contributed by atoms with van der Waals surface area (Å²) in [6, 6.07) is 6.99. The molecule has 10 heteroatoms. The van der Waals surface area contributed by atoms with Crippen molar-refractivity contribution in [3.05, 3.63) is 36.4 Å². The second kappa shape index (κ2) is 10.3. The van der Waals surface area contributed by atoms with Crippen LogP contribution >= 0.6 is 0 Å². The number of amidine groups is 1. The summed E-state index contributed by atoms with van der Waals surface area (Å²) >= 11 is 0. The second-order valence-corrected chi connectivity index (χ2v) is 8.18. The molecular formula is C17H23N3O6S. The number of carboxylic acids is 2. The molecule has 0 atom stereocenters. The maximum absolute atomic E-state index is 12.3. The van der Waals surface area contributed by atoms with Crippen LogP contribution in [0.4, 0.5) is 5.69 Å². The summed E-state index contributed by atoms with van der Waals surface area (Å²) in [4.78, 5) is 23.7. The van der Waals surface area contributed by atoms with E-state index < -0.39 is 27.0 Å².